The van der Waals surface area contributed by atoms with Gasteiger partial charge in [-0.25, -0.2) is 0 Å². The van der Waals surface area contributed by atoms with E-state index in [1.54, 1.807) is 0 Å². The van der Waals surface area contributed by atoms with Crippen LogP contribution in [0, 0.1) is 0 Å². The first-order valence-corrected chi connectivity index (χ1v) is 7.69. The van der Waals surface area contributed by atoms with Crippen LogP contribution in [0.2, 0.25) is 19.6 Å². The van der Waals surface area contributed by atoms with E-state index in [9.17, 15) is 0 Å². The molecule has 0 saturated carbocycles. The maximum Gasteiger partial charge on any atom is 1.00 e. The summed E-state index contributed by atoms with van der Waals surface area (Å²) in [5, 5.41) is 1.40. The molecule has 0 bridgehead atoms. The van der Waals surface area contributed by atoms with E-state index in [1.165, 1.54) is 5.19 Å². The molecule has 3 heteroatoms. The van der Waals surface area contributed by atoms with Crippen LogP contribution in [0.25, 0.3) is 0 Å². The smallest absolute Gasteiger partial charge is 0.780 e. The third kappa shape index (κ3) is 2.95. The maximum atomic E-state index is 5.23. The van der Waals surface area contributed by atoms with Gasteiger partial charge in [-0.15, -0.1) is 0 Å². The van der Waals surface area contributed by atoms with E-state index >= 15 is 0 Å². The first kappa shape index (κ1) is 12.3. The fourth-order valence-electron chi connectivity index (χ4n) is 1.09. The van der Waals surface area contributed by atoms with Crippen LogP contribution in [0.4, 0.5) is 0 Å². The summed E-state index contributed by atoms with van der Waals surface area (Å²) in [5.41, 5.74) is 0. The molecule has 0 aliphatic heterocycles. The van der Waals surface area contributed by atoms with Crippen molar-refractivity contribution in [3.05, 3.63) is 24.3 Å². The average Bonchev–Trinajstić information content (AvgIpc) is 1.86. The molecule has 0 amide bonds. The van der Waals surface area contributed by atoms with Gasteiger partial charge in [0.1, 0.15) is 0 Å². The number of benzene rings is 1. The van der Waals surface area contributed by atoms with Crippen molar-refractivity contribution in [2.45, 2.75) is 24.5 Å². The van der Waals surface area contributed by atoms with Crippen molar-refractivity contribution >= 4 is 25.9 Å². The predicted octanol–water partition coefficient (Wildman–Crippen LogP) is -0.858. The zero-order valence-electron chi connectivity index (χ0n) is 8.22. The van der Waals surface area contributed by atoms with E-state index in [0.29, 0.717) is 0 Å². The molecule has 0 radical (unpaired) electrons. The molecule has 0 fully saturated rings. The molecule has 0 atom stereocenters. The Morgan fingerprint density at radius 2 is 1.58 bits per heavy atom. The van der Waals surface area contributed by atoms with E-state index in [2.05, 4.69) is 31.8 Å². The second-order valence-corrected chi connectivity index (χ2v) is 9.22. The van der Waals surface area contributed by atoms with Gasteiger partial charge < -0.3 is 12.6 Å². The van der Waals surface area contributed by atoms with Crippen molar-refractivity contribution in [1.82, 2.24) is 0 Å². The largest absolute Gasteiger partial charge is 1.00 e. The molecule has 1 rings (SSSR count). The summed E-state index contributed by atoms with van der Waals surface area (Å²) < 4.78 is 0. The van der Waals surface area contributed by atoms with E-state index < -0.39 is 8.07 Å². The first-order valence-electron chi connectivity index (χ1n) is 3.78. The van der Waals surface area contributed by atoms with Crippen molar-refractivity contribution in [1.29, 1.82) is 0 Å². The Kier molecular flexibility index (Phi) is 4.57. The zero-order valence-corrected chi connectivity index (χ0v) is 10.0. The fraction of sp³-hybridized carbons (Fsp3) is 0.333. The summed E-state index contributed by atoms with van der Waals surface area (Å²) >= 11 is 5.23. The van der Waals surface area contributed by atoms with Crippen LogP contribution in [0.15, 0.2) is 29.2 Å². The number of rotatable bonds is 1. The fourth-order valence-corrected chi connectivity index (χ4v) is 3.57. The summed E-state index contributed by atoms with van der Waals surface area (Å²) in [6.07, 6.45) is 0. The monoisotopic (exact) mass is 188 g/mol. The molecule has 0 spiro atoms. The Labute approximate surface area is 93.4 Å². The molecule has 1 aromatic rings. The third-order valence-electron chi connectivity index (χ3n) is 1.70. The van der Waals surface area contributed by atoms with Gasteiger partial charge in [-0.2, -0.15) is 4.90 Å². The molecule has 0 nitrogen and oxygen atoms in total. The van der Waals surface area contributed by atoms with Crippen LogP contribution < -0.4 is 24.0 Å². The van der Waals surface area contributed by atoms with Gasteiger partial charge in [0.15, 0.2) is 0 Å². The second kappa shape index (κ2) is 4.48. The van der Waals surface area contributed by atoms with Crippen molar-refractivity contribution in [3.8, 4) is 0 Å². The molecule has 60 valence electrons. The van der Waals surface area contributed by atoms with Crippen LogP contribution in [-0.4, -0.2) is 8.07 Å². The van der Waals surface area contributed by atoms with Gasteiger partial charge in [0.05, 0.1) is 8.07 Å². The van der Waals surface area contributed by atoms with Crippen molar-refractivity contribution in [2.24, 2.45) is 0 Å². The first-order chi connectivity index (χ1) is 5.02. The SMILES string of the molecule is C[Si](C)(C)c1ccccc1[S-].[Li+]. The Balaban J connectivity index is 0.00000121. The van der Waals surface area contributed by atoms with Crippen LogP contribution in [-0.2, 0) is 12.6 Å². The summed E-state index contributed by atoms with van der Waals surface area (Å²) in [6.45, 7) is 6.95. The van der Waals surface area contributed by atoms with Crippen molar-refractivity contribution < 1.29 is 18.9 Å². The predicted molar refractivity (Wildman–Crippen MR) is 55.1 cm³/mol. The molecule has 12 heavy (non-hydrogen) atoms. The van der Waals surface area contributed by atoms with Crippen LogP contribution >= 0.6 is 0 Å². The molecule has 0 N–H and O–H groups in total. The number of hydrogen-bond acceptors (Lipinski definition) is 1. The maximum absolute atomic E-state index is 5.23. The van der Waals surface area contributed by atoms with E-state index in [1.807, 2.05) is 12.1 Å². The molecule has 0 saturated heterocycles. The van der Waals surface area contributed by atoms with Crippen LogP contribution in [0.3, 0.4) is 0 Å². The van der Waals surface area contributed by atoms with Gasteiger partial charge >= 0.3 is 18.9 Å². The summed E-state index contributed by atoms with van der Waals surface area (Å²) in [4.78, 5) is 1.03. The van der Waals surface area contributed by atoms with Crippen molar-refractivity contribution in [2.75, 3.05) is 0 Å². The topological polar surface area (TPSA) is 0 Å². The zero-order chi connectivity index (χ0) is 8.48. The van der Waals surface area contributed by atoms with Crippen LogP contribution in [0.5, 0.6) is 0 Å². The quantitative estimate of drug-likeness (QED) is 0.408. The summed E-state index contributed by atoms with van der Waals surface area (Å²) in [6, 6.07) is 8.26. The minimum absolute atomic E-state index is 0. The third-order valence-corrected chi connectivity index (χ3v) is 4.28. The normalized spacial score (nSPS) is 10.6. The van der Waals surface area contributed by atoms with Gasteiger partial charge in [0.25, 0.3) is 0 Å². The van der Waals surface area contributed by atoms with Gasteiger partial charge in [-0.3, -0.25) is 0 Å². The second-order valence-electron chi connectivity index (χ2n) is 3.75. The van der Waals surface area contributed by atoms with Gasteiger partial charge in [-0.05, 0) is 0 Å². The van der Waals surface area contributed by atoms with Gasteiger partial charge in [0.2, 0.25) is 0 Å². The van der Waals surface area contributed by atoms with E-state index in [4.69, 9.17) is 12.6 Å². The van der Waals surface area contributed by atoms with Gasteiger partial charge in [-0.1, -0.05) is 49.1 Å². The minimum atomic E-state index is -1.18. The summed E-state index contributed by atoms with van der Waals surface area (Å²) in [5.74, 6) is 0. The Morgan fingerprint density at radius 3 is 1.92 bits per heavy atom. The molecule has 0 aliphatic rings. The average molecular weight is 188 g/mol. The van der Waals surface area contributed by atoms with Gasteiger partial charge in [0, 0.05) is 0 Å². The molecule has 0 aliphatic carbocycles. The van der Waals surface area contributed by atoms with E-state index in [-0.39, 0.29) is 18.9 Å². The molecular formula is C9H13LiSSi. The van der Waals surface area contributed by atoms with Crippen molar-refractivity contribution in [3.63, 3.8) is 0 Å². The molecule has 0 heterocycles. The Hall–Kier alpha value is 0.254. The summed E-state index contributed by atoms with van der Waals surface area (Å²) in [7, 11) is -1.18. The Morgan fingerprint density at radius 1 is 1.08 bits per heavy atom. The number of hydrogen-bond donors (Lipinski definition) is 0. The molecule has 0 unspecified atom stereocenters. The molecule has 0 aromatic heterocycles. The molecule has 1 aromatic carbocycles. The minimum Gasteiger partial charge on any atom is -0.780 e. The van der Waals surface area contributed by atoms with E-state index in [0.717, 1.165) is 4.90 Å². The standard InChI is InChI=1S/C9H14SSi.Li/c1-11(2,3)9-7-5-4-6-8(9)10;/h4-7,10H,1-3H3;/q;+1/p-1. The molecular weight excluding hydrogens is 175 g/mol. The van der Waals surface area contributed by atoms with Crippen LogP contribution in [0.1, 0.15) is 0 Å². The Bertz CT molecular complexity index is 255.